The molecule has 0 radical (unpaired) electrons. The smallest absolute Gasteiger partial charge is 0.115 e. The van der Waals surface area contributed by atoms with Gasteiger partial charge in [-0.2, -0.15) is 0 Å². The molecule has 2 atom stereocenters. The SMILES string of the molecule is CCCCCCCCCCCC[N+](C)(C)CC(O)CN(CC(O)C[N+](C)(C)CCCCCCCCCCCC)C(C)C. The van der Waals surface area contributed by atoms with Crippen LogP contribution >= 0.6 is 0 Å². The van der Waals surface area contributed by atoms with Crippen molar-refractivity contribution in [2.45, 2.75) is 174 Å². The lowest BCUT2D eigenvalue weighted by Gasteiger charge is -2.37. The van der Waals surface area contributed by atoms with Gasteiger partial charge in [0.1, 0.15) is 25.3 Å². The van der Waals surface area contributed by atoms with Crippen LogP contribution in [0.3, 0.4) is 0 Å². The summed E-state index contributed by atoms with van der Waals surface area (Å²) in [6.07, 6.45) is 26.5. The number of hydrogen-bond donors (Lipinski definition) is 2. The summed E-state index contributed by atoms with van der Waals surface area (Å²) in [4.78, 5) is 2.29. The first-order valence-corrected chi connectivity index (χ1v) is 18.7. The summed E-state index contributed by atoms with van der Waals surface area (Å²) in [5.41, 5.74) is 0. The maximum atomic E-state index is 11.0. The molecule has 0 spiro atoms. The zero-order chi connectivity index (χ0) is 31.7. The van der Waals surface area contributed by atoms with Gasteiger partial charge in [-0.15, -0.1) is 0 Å². The molecule has 254 valence electrons. The highest BCUT2D eigenvalue weighted by molar-refractivity contribution is 4.72. The molecule has 0 aliphatic carbocycles. The fourth-order valence-corrected chi connectivity index (χ4v) is 6.53. The Morgan fingerprint density at radius 3 is 0.976 bits per heavy atom. The van der Waals surface area contributed by atoms with E-state index in [1.54, 1.807) is 0 Å². The van der Waals surface area contributed by atoms with Crippen molar-refractivity contribution in [3.05, 3.63) is 0 Å². The second-order valence-electron chi connectivity index (χ2n) is 15.4. The predicted molar refractivity (Wildman–Crippen MR) is 186 cm³/mol. The Morgan fingerprint density at radius 1 is 0.452 bits per heavy atom. The number of unbranched alkanes of at least 4 members (excludes halogenated alkanes) is 18. The third-order valence-electron chi connectivity index (χ3n) is 9.26. The molecule has 0 saturated carbocycles. The number of aliphatic hydroxyl groups excluding tert-OH is 2. The Balaban J connectivity index is 4.22. The number of rotatable bonds is 31. The summed E-state index contributed by atoms with van der Waals surface area (Å²) in [5, 5.41) is 22.1. The quantitative estimate of drug-likeness (QED) is 0.0621. The molecule has 0 bridgehead atoms. The first-order valence-electron chi connectivity index (χ1n) is 18.7. The third kappa shape index (κ3) is 26.2. The normalized spacial score (nSPS) is 14.3. The average molecular weight is 600 g/mol. The average Bonchev–Trinajstić information content (AvgIpc) is 2.89. The lowest BCUT2D eigenvalue weighted by molar-refractivity contribution is -0.893. The van der Waals surface area contributed by atoms with E-state index in [9.17, 15) is 10.2 Å². The fraction of sp³-hybridized carbons (Fsp3) is 1.00. The van der Waals surface area contributed by atoms with Gasteiger partial charge in [0.05, 0.1) is 41.3 Å². The van der Waals surface area contributed by atoms with Crippen LogP contribution in [0.4, 0.5) is 0 Å². The molecular weight excluding hydrogens is 518 g/mol. The van der Waals surface area contributed by atoms with Gasteiger partial charge in [0.25, 0.3) is 0 Å². The molecule has 0 saturated heterocycles. The van der Waals surface area contributed by atoms with E-state index in [0.717, 1.165) is 35.1 Å². The van der Waals surface area contributed by atoms with Crippen LogP contribution < -0.4 is 0 Å². The zero-order valence-electron chi connectivity index (χ0n) is 30.4. The Bertz CT molecular complexity index is 535. The molecule has 0 rings (SSSR count). The van der Waals surface area contributed by atoms with E-state index in [1.807, 2.05) is 0 Å². The third-order valence-corrected chi connectivity index (χ3v) is 9.26. The van der Waals surface area contributed by atoms with E-state index >= 15 is 0 Å². The van der Waals surface area contributed by atoms with Crippen molar-refractivity contribution in [3.8, 4) is 0 Å². The van der Waals surface area contributed by atoms with Gasteiger partial charge in [-0.25, -0.2) is 0 Å². The van der Waals surface area contributed by atoms with E-state index < -0.39 is 0 Å². The highest BCUT2D eigenvalue weighted by Gasteiger charge is 2.27. The predicted octanol–water partition coefficient (Wildman–Crippen LogP) is 8.41. The summed E-state index contributed by atoms with van der Waals surface area (Å²) in [7, 11) is 9.05. The Labute approximate surface area is 265 Å². The van der Waals surface area contributed by atoms with E-state index in [-0.39, 0.29) is 12.2 Å². The summed E-state index contributed by atoms with van der Waals surface area (Å²) in [6, 6.07) is 0.310. The monoisotopic (exact) mass is 600 g/mol. The molecule has 0 aromatic carbocycles. The van der Waals surface area contributed by atoms with Gasteiger partial charge >= 0.3 is 0 Å². The molecule has 0 fully saturated rings. The first-order chi connectivity index (χ1) is 19.9. The van der Waals surface area contributed by atoms with E-state index in [4.69, 9.17) is 0 Å². The van der Waals surface area contributed by atoms with Gasteiger partial charge in [0, 0.05) is 19.1 Å². The van der Waals surface area contributed by atoms with E-state index in [2.05, 4.69) is 60.8 Å². The number of aliphatic hydroxyl groups is 2. The summed E-state index contributed by atoms with van der Waals surface area (Å²) in [6.45, 7) is 14.0. The molecule has 0 aromatic rings. The molecule has 2 N–H and O–H groups in total. The van der Waals surface area contributed by atoms with Crippen molar-refractivity contribution < 1.29 is 19.2 Å². The number of likely N-dealkylation sites (N-methyl/N-ethyl adjacent to an activating group) is 2. The van der Waals surface area contributed by atoms with Crippen LogP contribution in [-0.4, -0.2) is 110 Å². The maximum Gasteiger partial charge on any atom is 0.115 e. The summed E-state index contributed by atoms with van der Waals surface area (Å²) in [5.74, 6) is 0. The molecule has 0 heterocycles. The maximum absolute atomic E-state index is 11.0. The van der Waals surface area contributed by atoms with Gasteiger partial charge in [0.15, 0.2) is 0 Å². The lowest BCUT2D eigenvalue weighted by atomic mass is 10.1. The van der Waals surface area contributed by atoms with Crippen molar-refractivity contribution in [1.29, 1.82) is 0 Å². The number of quaternary nitrogens is 2. The zero-order valence-corrected chi connectivity index (χ0v) is 30.4. The van der Waals surface area contributed by atoms with Crippen LogP contribution in [0.25, 0.3) is 0 Å². The highest BCUT2D eigenvalue weighted by atomic mass is 16.3. The summed E-state index contributed by atoms with van der Waals surface area (Å²) >= 11 is 0. The highest BCUT2D eigenvalue weighted by Crippen LogP contribution is 2.15. The van der Waals surface area contributed by atoms with Crippen LogP contribution in [0.5, 0.6) is 0 Å². The van der Waals surface area contributed by atoms with Crippen LogP contribution in [-0.2, 0) is 0 Å². The van der Waals surface area contributed by atoms with Crippen molar-refractivity contribution >= 4 is 0 Å². The van der Waals surface area contributed by atoms with Gasteiger partial charge < -0.3 is 19.2 Å². The van der Waals surface area contributed by atoms with Crippen LogP contribution in [0.15, 0.2) is 0 Å². The molecule has 42 heavy (non-hydrogen) atoms. The van der Waals surface area contributed by atoms with Crippen LogP contribution in [0, 0.1) is 0 Å². The molecule has 0 amide bonds. The van der Waals surface area contributed by atoms with Gasteiger partial charge in [-0.1, -0.05) is 117 Å². The first kappa shape index (κ1) is 41.8. The molecule has 2 unspecified atom stereocenters. The molecule has 5 nitrogen and oxygen atoms in total. The van der Waals surface area contributed by atoms with Gasteiger partial charge in [-0.05, 0) is 39.5 Å². The minimum atomic E-state index is -0.369. The van der Waals surface area contributed by atoms with Crippen molar-refractivity contribution in [1.82, 2.24) is 4.90 Å². The van der Waals surface area contributed by atoms with Crippen molar-refractivity contribution in [2.75, 3.05) is 67.5 Å². The number of hydrogen-bond acceptors (Lipinski definition) is 3. The Kier molecular flexibility index (Phi) is 25.9. The van der Waals surface area contributed by atoms with Crippen LogP contribution in [0.1, 0.15) is 156 Å². The molecule has 0 aliphatic rings. The van der Waals surface area contributed by atoms with Crippen molar-refractivity contribution in [3.63, 3.8) is 0 Å². The van der Waals surface area contributed by atoms with E-state index in [0.29, 0.717) is 19.1 Å². The lowest BCUT2D eigenvalue weighted by Crippen LogP contribution is -2.53. The minimum absolute atomic E-state index is 0.310. The number of nitrogens with zero attached hydrogens (tertiary/aromatic N) is 3. The van der Waals surface area contributed by atoms with Gasteiger partial charge in [-0.3, -0.25) is 4.90 Å². The standard InChI is InChI=1S/C37H81N3O2/c1-9-11-13-15-17-19-21-23-25-27-29-39(5,6)33-36(41)31-38(35(3)4)32-37(42)34-40(7,8)30-28-26-24-22-20-18-16-14-12-10-2/h35-37,41-42H,9-34H2,1-8H3/q+2. The molecular formula is C37H81N3O2+2. The molecule has 0 aromatic heterocycles. The van der Waals surface area contributed by atoms with Crippen molar-refractivity contribution in [2.24, 2.45) is 0 Å². The largest absolute Gasteiger partial charge is 0.386 e. The molecule has 0 aliphatic heterocycles. The second kappa shape index (κ2) is 26.1. The van der Waals surface area contributed by atoms with Crippen LogP contribution in [0.2, 0.25) is 0 Å². The fourth-order valence-electron chi connectivity index (χ4n) is 6.53. The summed E-state index contributed by atoms with van der Waals surface area (Å²) < 4.78 is 1.74. The van der Waals surface area contributed by atoms with Gasteiger partial charge in [0.2, 0.25) is 0 Å². The minimum Gasteiger partial charge on any atom is -0.386 e. The Hall–Kier alpha value is -0.200. The molecule has 5 heteroatoms. The topological polar surface area (TPSA) is 43.7 Å². The second-order valence-corrected chi connectivity index (χ2v) is 15.4. The van der Waals surface area contributed by atoms with E-state index in [1.165, 1.54) is 128 Å². The Morgan fingerprint density at radius 2 is 0.714 bits per heavy atom.